The molecule has 0 radical (unpaired) electrons. The maximum absolute atomic E-state index is 12.4. The fourth-order valence-corrected chi connectivity index (χ4v) is 3.81. The Labute approximate surface area is 147 Å². The second kappa shape index (κ2) is 7.13. The molecule has 0 saturated carbocycles. The molecule has 0 aromatic heterocycles. The Morgan fingerprint density at radius 1 is 1.36 bits per heavy atom. The van der Waals surface area contributed by atoms with Crippen molar-refractivity contribution in [1.29, 1.82) is 0 Å². The summed E-state index contributed by atoms with van der Waals surface area (Å²) in [5.74, 6) is -0.978. The second-order valence-corrected chi connectivity index (χ2v) is 6.49. The Hall–Kier alpha value is -2.56. The molecule has 2 aliphatic rings. The van der Waals surface area contributed by atoms with E-state index in [-0.39, 0.29) is 12.5 Å². The van der Waals surface area contributed by atoms with Crippen LogP contribution in [0.2, 0.25) is 0 Å². The Kier molecular flexibility index (Phi) is 4.93. The molecule has 0 spiro atoms. The third kappa shape index (κ3) is 3.18. The fourth-order valence-electron chi connectivity index (χ4n) is 3.81. The Balaban J connectivity index is 1.76. The number of allylic oxidation sites excluding steroid dienone is 3. The zero-order valence-corrected chi connectivity index (χ0v) is 14.6. The minimum absolute atomic E-state index is 0.0118. The van der Waals surface area contributed by atoms with Gasteiger partial charge in [-0.3, -0.25) is 4.90 Å². The minimum Gasteiger partial charge on any atom is -0.480 e. The lowest BCUT2D eigenvalue weighted by molar-refractivity contribution is -0.141. The Morgan fingerprint density at radius 2 is 2.12 bits per heavy atom. The largest absolute Gasteiger partial charge is 0.480 e. The van der Waals surface area contributed by atoms with Crippen LogP contribution < -0.4 is 0 Å². The van der Waals surface area contributed by atoms with Gasteiger partial charge in [0.15, 0.2) is 0 Å². The van der Waals surface area contributed by atoms with Gasteiger partial charge in [-0.1, -0.05) is 36.4 Å². The van der Waals surface area contributed by atoms with Gasteiger partial charge in [-0.2, -0.15) is 0 Å². The molecule has 1 N–H and O–H groups in total. The molecule has 2 atom stereocenters. The zero-order valence-electron chi connectivity index (χ0n) is 14.6. The number of amides is 1. The van der Waals surface area contributed by atoms with Gasteiger partial charge in [0.25, 0.3) is 0 Å². The first-order valence-electron chi connectivity index (χ1n) is 8.63. The number of carboxylic acid groups (broad SMARTS) is 1. The molecule has 5 heteroatoms. The van der Waals surface area contributed by atoms with Gasteiger partial charge < -0.3 is 9.84 Å². The maximum Gasteiger partial charge on any atom is 0.410 e. The van der Waals surface area contributed by atoms with Crippen LogP contribution in [0.4, 0.5) is 4.79 Å². The first-order chi connectivity index (χ1) is 12.0. The van der Waals surface area contributed by atoms with E-state index in [9.17, 15) is 14.7 Å². The van der Waals surface area contributed by atoms with E-state index < -0.39 is 18.1 Å². The summed E-state index contributed by atoms with van der Waals surface area (Å²) in [5, 5.41) is 9.22. The normalized spacial score (nSPS) is 22.6. The number of hydrogen-bond donors (Lipinski definition) is 1. The number of carbonyl (C=O) groups excluding carboxylic acids is 1. The molecular weight excluding hydrogens is 318 g/mol. The number of hydrogen-bond acceptors (Lipinski definition) is 3. The average molecular weight is 341 g/mol. The highest BCUT2D eigenvalue weighted by Gasteiger charge is 2.36. The standard InChI is InChI=1S/C20H23NO4/c1-3-7-14-13(2)15-8-4-5-9-16(15)17(14)12-25-20(24)21-11-6-10-18(21)19(22)23/h3-5,7-9,17-18H,6,10-12H2,1-2H3,(H,22,23)/b7-3-/t17?,18-/m1/s1. The first-order valence-corrected chi connectivity index (χ1v) is 8.63. The van der Waals surface area contributed by atoms with E-state index in [4.69, 9.17) is 4.74 Å². The van der Waals surface area contributed by atoms with Crippen LogP contribution in [0.25, 0.3) is 5.57 Å². The van der Waals surface area contributed by atoms with Gasteiger partial charge in [0.1, 0.15) is 12.6 Å². The summed E-state index contributed by atoms with van der Waals surface area (Å²) in [6.45, 7) is 4.70. The highest BCUT2D eigenvalue weighted by atomic mass is 16.6. The van der Waals surface area contributed by atoms with Crippen molar-refractivity contribution >= 4 is 17.6 Å². The van der Waals surface area contributed by atoms with Gasteiger partial charge in [0, 0.05) is 12.5 Å². The molecule has 1 fully saturated rings. The van der Waals surface area contributed by atoms with Crippen LogP contribution in [0.5, 0.6) is 0 Å². The molecular formula is C20H23NO4. The second-order valence-electron chi connectivity index (χ2n) is 6.49. The monoisotopic (exact) mass is 341 g/mol. The number of ether oxygens (including phenoxy) is 1. The molecule has 0 bridgehead atoms. The summed E-state index contributed by atoms with van der Waals surface area (Å²) >= 11 is 0. The van der Waals surface area contributed by atoms with Gasteiger partial charge in [-0.25, -0.2) is 9.59 Å². The van der Waals surface area contributed by atoms with Crippen LogP contribution in [-0.4, -0.2) is 41.3 Å². The van der Waals surface area contributed by atoms with Crippen molar-refractivity contribution in [3.63, 3.8) is 0 Å². The zero-order chi connectivity index (χ0) is 18.0. The molecule has 1 saturated heterocycles. The molecule has 1 heterocycles. The fraction of sp³-hybridized carbons (Fsp3) is 0.400. The van der Waals surface area contributed by atoms with Gasteiger partial charge in [0.05, 0.1) is 0 Å². The number of aliphatic carboxylic acids is 1. The highest BCUT2D eigenvalue weighted by molar-refractivity contribution is 5.81. The molecule has 25 heavy (non-hydrogen) atoms. The predicted octanol–water partition coefficient (Wildman–Crippen LogP) is 3.82. The quantitative estimate of drug-likeness (QED) is 0.904. The summed E-state index contributed by atoms with van der Waals surface area (Å²) in [5.41, 5.74) is 4.67. The third-order valence-corrected chi connectivity index (χ3v) is 5.04. The number of rotatable bonds is 4. The summed E-state index contributed by atoms with van der Waals surface area (Å²) in [4.78, 5) is 25.0. The van der Waals surface area contributed by atoms with Crippen molar-refractivity contribution < 1.29 is 19.4 Å². The minimum atomic E-state index is -0.967. The van der Waals surface area contributed by atoms with Crippen molar-refractivity contribution in [3.05, 3.63) is 53.1 Å². The predicted molar refractivity (Wildman–Crippen MR) is 95.3 cm³/mol. The van der Waals surface area contributed by atoms with E-state index in [1.54, 1.807) is 0 Å². The smallest absolute Gasteiger partial charge is 0.410 e. The number of fused-ring (bicyclic) bond motifs is 1. The number of carbonyl (C=O) groups is 2. The van der Waals surface area contributed by atoms with E-state index in [0.717, 1.165) is 11.1 Å². The van der Waals surface area contributed by atoms with Crippen LogP contribution in [-0.2, 0) is 9.53 Å². The number of carboxylic acids is 1. The SMILES string of the molecule is C/C=C\C1=C(C)c2ccccc2C1COC(=O)N1CCC[C@@H]1C(=O)O. The number of likely N-dealkylation sites (tertiary alicyclic amines) is 1. The van der Waals surface area contributed by atoms with Crippen molar-refractivity contribution in [3.8, 4) is 0 Å². The highest BCUT2D eigenvalue weighted by Crippen LogP contribution is 2.42. The molecule has 1 aliphatic heterocycles. The van der Waals surface area contributed by atoms with E-state index in [1.165, 1.54) is 16.0 Å². The average Bonchev–Trinajstić information content (AvgIpc) is 3.19. The van der Waals surface area contributed by atoms with Crippen LogP contribution in [0, 0.1) is 0 Å². The van der Waals surface area contributed by atoms with Crippen LogP contribution in [0.1, 0.15) is 43.7 Å². The van der Waals surface area contributed by atoms with Gasteiger partial charge in [0.2, 0.25) is 0 Å². The molecule has 1 amide bonds. The summed E-state index contributed by atoms with van der Waals surface area (Å²) in [7, 11) is 0. The molecule has 5 nitrogen and oxygen atoms in total. The first kappa shape index (κ1) is 17.3. The van der Waals surface area contributed by atoms with Gasteiger partial charge in [-0.15, -0.1) is 0 Å². The molecule has 1 unspecified atom stereocenters. The van der Waals surface area contributed by atoms with Crippen LogP contribution >= 0.6 is 0 Å². The van der Waals surface area contributed by atoms with Crippen molar-refractivity contribution in [2.75, 3.05) is 13.2 Å². The third-order valence-electron chi connectivity index (χ3n) is 5.04. The molecule has 1 aromatic carbocycles. The lowest BCUT2D eigenvalue weighted by atomic mass is 9.96. The maximum atomic E-state index is 12.4. The molecule has 1 aliphatic carbocycles. The van der Waals surface area contributed by atoms with Gasteiger partial charge >= 0.3 is 12.1 Å². The lowest BCUT2D eigenvalue weighted by Crippen LogP contribution is -2.41. The summed E-state index contributed by atoms with van der Waals surface area (Å²) in [6, 6.07) is 7.36. The molecule has 132 valence electrons. The van der Waals surface area contributed by atoms with E-state index in [1.807, 2.05) is 25.1 Å². The van der Waals surface area contributed by atoms with E-state index in [2.05, 4.69) is 25.1 Å². The Bertz CT molecular complexity index is 750. The van der Waals surface area contributed by atoms with Crippen molar-refractivity contribution in [2.24, 2.45) is 0 Å². The lowest BCUT2D eigenvalue weighted by Gasteiger charge is -2.22. The molecule has 1 aromatic rings. The van der Waals surface area contributed by atoms with Crippen LogP contribution in [0.15, 0.2) is 42.0 Å². The summed E-state index contributed by atoms with van der Waals surface area (Å²) in [6.07, 6.45) is 4.69. The van der Waals surface area contributed by atoms with E-state index in [0.29, 0.717) is 19.4 Å². The number of benzene rings is 1. The number of nitrogens with zero attached hydrogens (tertiary/aromatic N) is 1. The van der Waals surface area contributed by atoms with Crippen LogP contribution in [0.3, 0.4) is 0 Å². The summed E-state index contributed by atoms with van der Waals surface area (Å²) < 4.78 is 5.53. The Morgan fingerprint density at radius 3 is 2.84 bits per heavy atom. The van der Waals surface area contributed by atoms with Crippen molar-refractivity contribution in [1.82, 2.24) is 4.90 Å². The topological polar surface area (TPSA) is 66.8 Å². The van der Waals surface area contributed by atoms with Gasteiger partial charge in [-0.05, 0) is 49.0 Å². The molecule has 3 rings (SSSR count). The van der Waals surface area contributed by atoms with E-state index >= 15 is 0 Å². The van der Waals surface area contributed by atoms with Crippen molar-refractivity contribution in [2.45, 2.75) is 38.6 Å².